The molecule has 0 amide bonds. The molecule has 0 aromatic rings. The molecule has 0 fully saturated rings. The maximum Gasteiger partial charge on any atom is 0.0446 e. The van der Waals surface area contributed by atoms with Crippen LogP contribution >= 0.6 is 11.8 Å². The predicted molar refractivity (Wildman–Crippen MR) is 42.9 cm³/mol. The molecule has 0 heterocycles. The Kier molecular flexibility index (Phi) is 6.58. The SMILES string of the molecule is CNC(CCO)CSC. The molecule has 0 spiro atoms. The van der Waals surface area contributed by atoms with Gasteiger partial charge in [-0.1, -0.05) is 0 Å². The summed E-state index contributed by atoms with van der Waals surface area (Å²) in [5, 5.41) is 11.7. The van der Waals surface area contributed by atoms with Gasteiger partial charge in [-0.25, -0.2) is 0 Å². The second-order valence-corrected chi connectivity index (χ2v) is 2.86. The summed E-state index contributed by atoms with van der Waals surface area (Å²) in [4.78, 5) is 0. The van der Waals surface area contributed by atoms with Crippen LogP contribution in [-0.4, -0.2) is 36.8 Å². The zero-order valence-corrected chi connectivity index (χ0v) is 6.87. The Balaban J connectivity index is 3.18. The molecule has 9 heavy (non-hydrogen) atoms. The number of hydrogen-bond acceptors (Lipinski definition) is 3. The normalized spacial score (nSPS) is 13.7. The van der Waals surface area contributed by atoms with E-state index in [1.54, 1.807) is 11.8 Å². The van der Waals surface area contributed by atoms with Crippen LogP contribution in [0.4, 0.5) is 0 Å². The molecule has 2 nitrogen and oxygen atoms in total. The third-order valence-corrected chi connectivity index (χ3v) is 1.99. The van der Waals surface area contributed by atoms with Gasteiger partial charge in [0.1, 0.15) is 0 Å². The van der Waals surface area contributed by atoms with E-state index in [2.05, 4.69) is 11.6 Å². The van der Waals surface area contributed by atoms with E-state index in [4.69, 9.17) is 5.11 Å². The Labute approximate surface area is 61.0 Å². The fourth-order valence-corrected chi connectivity index (χ4v) is 1.40. The molecule has 0 aliphatic carbocycles. The average Bonchev–Trinajstić information content (AvgIpc) is 1.88. The summed E-state index contributed by atoms with van der Waals surface area (Å²) in [6.45, 7) is 0.284. The minimum absolute atomic E-state index is 0.284. The van der Waals surface area contributed by atoms with Gasteiger partial charge in [-0.05, 0) is 19.7 Å². The van der Waals surface area contributed by atoms with Crippen molar-refractivity contribution in [3.05, 3.63) is 0 Å². The molecule has 1 atom stereocenters. The number of rotatable bonds is 5. The van der Waals surface area contributed by atoms with E-state index in [0.29, 0.717) is 6.04 Å². The maximum atomic E-state index is 8.55. The largest absolute Gasteiger partial charge is 0.396 e. The average molecular weight is 149 g/mol. The number of thioether (sulfide) groups is 1. The summed E-state index contributed by atoms with van der Waals surface area (Å²) in [7, 11) is 1.93. The zero-order valence-electron chi connectivity index (χ0n) is 6.05. The standard InChI is InChI=1S/C6H15NOS/c1-7-6(3-4-8)5-9-2/h6-8H,3-5H2,1-2H3. The monoisotopic (exact) mass is 149 g/mol. The molecule has 0 aromatic heterocycles. The van der Waals surface area contributed by atoms with Gasteiger partial charge in [0.25, 0.3) is 0 Å². The fraction of sp³-hybridized carbons (Fsp3) is 1.00. The summed E-state index contributed by atoms with van der Waals surface area (Å²) in [5.74, 6) is 1.08. The minimum atomic E-state index is 0.284. The van der Waals surface area contributed by atoms with Crippen molar-refractivity contribution in [2.75, 3.05) is 25.7 Å². The highest BCUT2D eigenvalue weighted by molar-refractivity contribution is 7.98. The van der Waals surface area contributed by atoms with Gasteiger partial charge in [0, 0.05) is 18.4 Å². The van der Waals surface area contributed by atoms with Crippen molar-refractivity contribution in [2.24, 2.45) is 0 Å². The highest BCUT2D eigenvalue weighted by Gasteiger charge is 2.01. The predicted octanol–water partition coefficient (Wildman–Crippen LogP) is 0.320. The number of aliphatic hydroxyl groups excluding tert-OH is 1. The molecule has 0 aliphatic heterocycles. The van der Waals surface area contributed by atoms with Crippen molar-refractivity contribution >= 4 is 11.8 Å². The number of nitrogens with one attached hydrogen (secondary N) is 1. The number of aliphatic hydroxyl groups is 1. The highest BCUT2D eigenvalue weighted by Crippen LogP contribution is 1.99. The van der Waals surface area contributed by atoms with Gasteiger partial charge >= 0.3 is 0 Å². The van der Waals surface area contributed by atoms with Gasteiger partial charge in [-0.3, -0.25) is 0 Å². The summed E-state index contributed by atoms with van der Waals surface area (Å²) in [5.41, 5.74) is 0. The first-order chi connectivity index (χ1) is 4.35. The molecule has 56 valence electrons. The van der Waals surface area contributed by atoms with Gasteiger partial charge in [0.15, 0.2) is 0 Å². The number of hydrogen-bond donors (Lipinski definition) is 2. The van der Waals surface area contributed by atoms with Crippen LogP contribution in [0.25, 0.3) is 0 Å². The van der Waals surface area contributed by atoms with Crippen LogP contribution in [0.3, 0.4) is 0 Å². The maximum absolute atomic E-state index is 8.55. The quantitative estimate of drug-likeness (QED) is 0.590. The van der Waals surface area contributed by atoms with Gasteiger partial charge < -0.3 is 10.4 Å². The smallest absolute Gasteiger partial charge is 0.0446 e. The van der Waals surface area contributed by atoms with Crippen LogP contribution in [0.15, 0.2) is 0 Å². The summed E-state index contributed by atoms with van der Waals surface area (Å²) < 4.78 is 0. The van der Waals surface area contributed by atoms with Crippen molar-refractivity contribution < 1.29 is 5.11 Å². The van der Waals surface area contributed by atoms with E-state index in [9.17, 15) is 0 Å². The first kappa shape index (κ1) is 9.27. The van der Waals surface area contributed by atoms with Gasteiger partial charge in [0.2, 0.25) is 0 Å². The lowest BCUT2D eigenvalue weighted by Gasteiger charge is -2.11. The molecule has 2 N–H and O–H groups in total. The summed E-state index contributed by atoms with van der Waals surface area (Å²) >= 11 is 1.80. The summed E-state index contributed by atoms with van der Waals surface area (Å²) in [6.07, 6.45) is 2.93. The molecule has 0 aliphatic rings. The first-order valence-corrected chi connectivity index (χ1v) is 4.51. The summed E-state index contributed by atoms with van der Waals surface area (Å²) in [6, 6.07) is 0.477. The zero-order chi connectivity index (χ0) is 7.11. The Hall–Kier alpha value is 0.270. The van der Waals surface area contributed by atoms with E-state index >= 15 is 0 Å². The van der Waals surface area contributed by atoms with E-state index < -0.39 is 0 Å². The van der Waals surface area contributed by atoms with Gasteiger partial charge in [0.05, 0.1) is 0 Å². The molecule has 0 radical (unpaired) electrons. The van der Waals surface area contributed by atoms with Crippen LogP contribution < -0.4 is 5.32 Å². The van der Waals surface area contributed by atoms with Crippen LogP contribution in [0, 0.1) is 0 Å². The van der Waals surface area contributed by atoms with Crippen molar-refractivity contribution in [1.29, 1.82) is 0 Å². The van der Waals surface area contributed by atoms with Crippen LogP contribution in [0.2, 0.25) is 0 Å². The lowest BCUT2D eigenvalue weighted by Crippen LogP contribution is -2.28. The third-order valence-electron chi connectivity index (χ3n) is 1.25. The van der Waals surface area contributed by atoms with Crippen LogP contribution in [-0.2, 0) is 0 Å². The Bertz CT molecular complexity index is 55.0. The van der Waals surface area contributed by atoms with E-state index in [1.165, 1.54) is 0 Å². The second-order valence-electron chi connectivity index (χ2n) is 1.95. The van der Waals surface area contributed by atoms with Gasteiger partial charge in [-0.15, -0.1) is 0 Å². The second kappa shape index (κ2) is 6.39. The van der Waals surface area contributed by atoms with E-state index in [0.717, 1.165) is 12.2 Å². The van der Waals surface area contributed by atoms with E-state index in [1.807, 2.05) is 7.05 Å². The molecule has 0 rings (SSSR count). The van der Waals surface area contributed by atoms with Crippen molar-refractivity contribution in [2.45, 2.75) is 12.5 Å². The minimum Gasteiger partial charge on any atom is -0.396 e. The Morgan fingerprint density at radius 3 is 2.67 bits per heavy atom. The van der Waals surface area contributed by atoms with Crippen LogP contribution in [0.1, 0.15) is 6.42 Å². The molecular formula is C6H15NOS. The highest BCUT2D eigenvalue weighted by atomic mass is 32.2. The third kappa shape index (κ3) is 4.75. The molecular weight excluding hydrogens is 134 g/mol. The molecule has 0 saturated carbocycles. The lowest BCUT2D eigenvalue weighted by atomic mass is 10.2. The fourth-order valence-electron chi connectivity index (χ4n) is 0.668. The van der Waals surface area contributed by atoms with Crippen LogP contribution in [0.5, 0.6) is 0 Å². The molecule has 0 aromatic carbocycles. The van der Waals surface area contributed by atoms with Crippen molar-refractivity contribution in [1.82, 2.24) is 5.32 Å². The molecule has 0 bridgehead atoms. The van der Waals surface area contributed by atoms with Crippen molar-refractivity contribution in [3.63, 3.8) is 0 Å². The Morgan fingerprint density at radius 1 is 1.67 bits per heavy atom. The lowest BCUT2D eigenvalue weighted by molar-refractivity contribution is 0.273. The molecule has 1 unspecified atom stereocenters. The first-order valence-electron chi connectivity index (χ1n) is 3.12. The topological polar surface area (TPSA) is 32.3 Å². The van der Waals surface area contributed by atoms with Crippen molar-refractivity contribution in [3.8, 4) is 0 Å². The molecule has 3 heteroatoms. The molecule has 0 saturated heterocycles. The Morgan fingerprint density at radius 2 is 2.33 bits per heavy atom. The van der Waals surface area contributed by atoms with Gasteiger partial charge in [-0.2, -0.15) is 11.8 Å². The van der Waals surface area contributed by atoms with E-state index in [-0.39, 0.29) is 6.61 Å².